The van der Waals surface area contributed by atoms with Gasteiger partial charge in [-0.25, -0.2) is 0 Å². The number of benzene rings is 1. The number of nitrogens with one attached hydrogen (secondary N) is 1. The van der Waals surface area contributed by atoms with Crippen molar-refractivity contribution in [2.45, 2.75) is 25.8 Å². The van der Waals surface area contributed by atoms with Gasteiger partial charge in [0.05, 0.1) is 12.6 Å². The monoisotopic (exact) mass is 266 g/mol. The van der Waals surface area contributed by atoms with Crippen LogP contribution < -0.4 is 15.8 Å². The highest BCUT2D eigenvalue weighted by atomic mass is 16.5. The van der Waals surface area contributed by atoms with Gasteiger partial charge in [-0.05, 0) is 25.0 Å². The first-order chi connectivity index (χ1) is 9.17. The van der Waals surface area contributed by atoms with Crippen LogP contribution in [0.25, 0.3) is 0 Å². The maximum absolute atomic E-state index is 11.8. The maximum Gasteiger partial charge on any atom is 0.241 e. The molecule has 1 aromatic carbocycles. The molecule has 0 fully saturated rings. The van der Waals surface area contributed by atoms with E-state index in [1.165, 1.54) is 0 Å². The molecule has 0 saturated heterocycles. The van der Waals surface area contributed by atoms with E-state index < -0.39 is 6.04 Å². The van der Waals surface area contributed by atoms with Gasteiger partial charge in [-0.1, -0.05) is 13.0 Å². The van der Waals surface area contributed by atoms with Crippen molar-refractivity contribution in [1.29, 1.82) is 0 Å². The van der Waals surface area contributed by atoms with Crippen molar-refractivity contribution in [3.05, 3.63) is 24.3 Å². The maximum atomic E-state index is 11.8. The van der Waals surface area contributed by atoms with Crippen LogP contribution >= 0.6 is 0 Å². The summed E-state index contributed by atoms with van der Waals surface area (Å²) in [7, 11) is 1.58. The second kappa shape index (κ2) is 8.50. The van der Waals surface area contributed by atoms with Crippen molar-refractivity contribution in [2.24, 2.45) is 5.73 Å². The average Bonchev–Trinajstić information content (AvgIpc) is 2.42. The number of hydrogen-bond donors (Lipinski definition) is 2. The van der Waals surface area contributed by atoms with Crippen LogP contribution in [-0.4, -0.2) is 32.3 Å². The molecular weight excluding hydrogens is 244 g/mol. The smallest absolute Gasteiger partial charge is 0.241 e. The molecule has 19 heavy (non-hydrogen) atoms. The first-order valence-corrected chi connectivity index (χ1v) is 6.45. The SMILES string of the molecule is CCCOc1cccc(NC(=O)C(N)CCOC)c1. The molecule has 3 N–H and O–H groups in total. The van der Waals surface area contributed by atoms with E-state index in [9.17, 15) is 4.79 Å². The van der Waals surface area contributed by atoms with E-state index >= 15 is 0 Å². The van der Waals surface area contributed by atoms with Crippen LogP contribution in [0.4, 0.5) is 5.69 Å². The second-order valence-electron chi connectivity index (χ2n) is 4.25. The van der Waals surface area contributed by atoms with Crippen molar-refractivity contribution in [3.8, 4) is 5.75 Å². The first kappa shape index (κ1) is 15.5. The molecular formula is C14H22N2O3. The zero-order chi connectivity index (χ0) is 14.1. The van der Waals surface area contributed by atoms with E-state index in [0.29, 0.717) is 25.3 Å². The molecule has 0 aliphatic carbocycles. The van der Waals surface area contributed by atoms with Crippen molar-refractivity contribution >= 4 is 11.6 Å². The summed E-state index contributed by atoms with van der Waals surface area (Å²) in [4.78, 5) is 11.8. The van der Waals surface area contributed by atoms with Gasteiger partial charge in [0.1, 0.15) is 5.75 Å². The minimum atomic E-state index is -0.569. The van der Waals surface area contributed by atoms with Gasteiger partial charge in [-0.2, -0.15) is 0 Å². The zero-order valence-electron chi connectivity index (χ0n) is 11.5. The lowest BCUT2D eigenvalue weighted by atomic mass is 10.2. The van der Waals surface area contributed by atoms with Gasteiger partial charge < -0.3 is 20.5 Å². The third-order valence-corrected chi connectivity index (χ3v) is 2.54. The predicted molar refractivity (Wildman–Crippen MR) is 75.3 cm³/mol. The molecule has 0 bridgehead atoms. The molecule has 1 atom stereocenters. The Bertz CT molecular complexity index is 396. The topological polar surface area (TPSA) is 73.6 Å². The molecule has 1 rings (SSSR count). The highest BCUT2D eigenvalue weighted by molar-refractivity contribution is 5.94. The van der Waals surface area contributed by atoms with Crippen molar-refractivity contribution < 1.29 is 14.3 Å². The quantitative estimate of drug-likeness (QED) is 0.752. The number of carbonyl (C=O) groups is 1. The van der Waals surface area contributed by atoms with E-state index in [1.807, 2.05) is 19.1 Å². The fourth-order valence-electron chi connectivity index (χ4n) is 1.49. The summed E-state index contributed by atoms with van der Waals surface area (Å²) in [5.41, 5.74) is 6.43. The van der Waals surface area contributed by atoms with E-state index in [0.717, 1.165) is 12.2 Å². The van der Waals surface area contributed by atoms with Gasteiger partial charge >= 0.3 is 0 Å². The summed E-state index contributed by atoms with van der Waals surface area (Å²) in [6.45, 7) is 3.17. The molecule has 0 radical (unpaired) electrons. The Morgan fingerprint density at radius 1 is 1.42 bits per heavy atom. The van der Waals surface area contributed by atoms with Crippen molar-refractivity contribution in [1.82, 2.24) is 0 Å². The van der Waals surface area contributed by atoms with Gasteiger partial charge in [0, 0.05) is 25.5 Å². The second-order valence-corrected chi connectivity index (χ2v) is 4.25. The number of ether oxygens (including phenoxy) is 2. The summed E-state index contributed by atoms with van der Waals surface area (Å²) < 4.78 is 10.4. The van der Waals surface area contributed by atoms with E-state index in [-0.39, 0.29) is 5.91 Å². The number of hydrogen-bond acceptors (Lipinski definition) is 4. The largest absolute Gasteiger partial charge is 0.494 e. The van der Waals surface area contributed by atoms with Crippen LogP contribution in [-0.2, 0) is 9.53 Å². The number of rotatable bonds is 8. The van der Waals surface area contributed by atoms with Crippen molar-refractivity contribution in [3.63, 3.8) is 0 Å². The van der Waals surface area contributed by atoms with E-state index in [4.69, 9.17) is 15.2 Å². The zero-order valence-corrected chi connectivity index (χ0v) is 11.5. The summed E-state index contributed by atoms with van der Waals surface area (Å²) in [5, 5.41) is 2.77. The van der Waals surface area contributed by atoms with Crippen LogP contribution in [0.5, 0.6) is 5.75 Å². The molecule has 0 aliphatic rings. The number of anilines is 1. The van der Waals surface area contributed by atoms with Crippen LogP contribution in [0.3, 0.4) is 0 Å². The van der Waals surface area contributed by atoms with Crippen LogP contribution in [0, 0.1) is 0 Å². The lowest BCUT2D eigenvalue weighted by Crippen LogP contribution is -2.36. The summed E-state index contributed by atoms with van der Waals surface area (Å²) >= 11 is 0. The molecule has 1 amide bonds. The minimum Gasteiger partial charge on any atom is -0.494 e. The Kier molecular flexibility index (Phi) is 6.92. The Morgan fingerprint density at radius 3 is 2.89 bits per heavy atom. The molecule has 0 aromatic heterocycles. The molecule has 5 nitrogen and oxygen atoms in total. The standard InChI is InChI=1S/C14H22N2O3/c1-3-8-19-12-6-4-5-11(10-12)16-14(17)13(15)7-9-18-2/h4-6,10,13H,3,7-9,15H2,1-2H3,(H,16,17). The fourth-order valence-corrected chi connectivity index (χ4v) is 1.49. The van der Waals surface area contributed by atoms with Crippen LogP contribution in [0.1, 0.15) is 19.8 Å². The average molecular weight is 266 g/mol. The molecule has 0 saturated carbocycles. The number of carbonyl (C=O) groups excluding carboxylic acids is 1. The van der Waals surface area contributed by atoms with Gasteiger partial charge in [-0.15, -0.1) is 0 Å². The number of nitrogens with two attached hydrogens (primary N) is 1. The molecule has 0 aliphatic heterocycles. The Hall–Kier alpha value is -1.59. The van der Waals surface area contributed by atoms with Gasteiger partial charge in [0.25, 0.3) is 0 Å². The Morgan fingerprint density at radius 2 is 2.21 bits per heavy atom. The third kappa shape index (κ3) is 5.72. The molecule has 1 unspecified atom stereocenters. The van der Waals surface area contributed by atoms with E-state index in [1.54, 1.807) is 19.2 Å². The number of amides is 1. The van der Waals surface area contributed by atoms with Gasteiger partial charge in [-0.3, -0.25) is 4.79 Å². The Balaban J connectivity index is 2.53. The van der Waals surface area contributed by atoms with Crippen molar-refractivity contribution in [2.75, 3.05) is 25.6 Å². The highest BCUT2D eigenvalue weighted by Gasteiger charge is 2.13. The van der Waals surface area contributed by atoms with Crippen LogP contribution in [0.15, 0.2) is 24.3 Å². The molecule has 0 spiro atoms. The van der Waals surface area contributed by atoms with Gasteiger partial charge in [0.15, 0.2) is 0 Å². The summed E-state index contributed by atoms with van der Waals surface area (Å²) in [5.74, 6) is 0.523. The molecule has 5 heteroatoms. The lowest BCUT2D eigenvalue weighted by Gasteiger charge is -2.12. The minimum absolute atomic E-state index is 0.218. The lowest BCUT2D eigenvalue weighted by molar-refractivity contribution is -0.117. The third-order valence-electron chi connectivity index (χ3n) is 2.54. The summed E-state index contributed by atoms with van der Waals surface area (Å²) in [6.07, 6.45) is 1.44. The number of methoxy groups -OCH3 is 1. The first-order valence-electron chi connectivity index (χ1n) is 6.45. The fraction of sp³-hybridized carbons (Fsp3) is 0.500. The molecule has 0 heterocycles. The highest BCUT2D eigenvalue weighted by Crippen LogP contribution is 2.17. The molecule has 1 aromatic rings. The van der Waals surface area contributed by atoms with Crippen LogP contribution in [0.2, 0.25) is 0 Å². The predicted octanol–water partition coefficient (Wildman–Crippen LogP) is 1.78. The van der Waals surface area contributed by atoms with E-state index in [2.05, 4.69) is 5.32 Å². The Labute approximate surface area is 114 Å². The summed E-state index contributed by atoms with van der Waals surface area (Å²) in [6, 6.07) is 6.72. The normalized spacial score (nSPS) is 11.9. The molecule has 106 valence electrons. The van der Waals surface area contributed by atoms with Gasteiger partial charge in [0.2, 0.25) is 5.91 Å².